The summed E-state index contributed by atoms with van der Waals surface area (Å²) in [7, 11) is 0. The van der Waals surface area contributed by atoms with Gasteiger partial charge in [0.2, 0.25) is 0 Å². The maximum Gasteiger partial charge on any atom is 0.0640 e. The van der Waals surface area contributed by atoms with Gasteiger partial charge in [-0.15, -0.1) is 22.7 Å². The lowest BCUT2D eigenvalue weighted by Crippen LogP contribution is -2.10. The maximum absolute atomic E-state index is 2.45. The van der Waals surface area contributed by atoms with Gasteiger partial charge in [0.15, 0.2) is 0 Å². The number of nitrogens with zero attached hydrogens (tertiary/aromatic N) is 1. The van der Waals surface area contributed by atoms with Crippen molar-refractivity contribution in [1.82, 2.24) is 0 Å². The number of benzene rings is 8. The number of anilines is 3. The minimum absolute atomic E-state index is 1.14. The van der Waals surface area contributed by atoms with E-state index in [0.29, 0.717) is 0 Å². The Balaban J connectivity index is 1.18. The SMILES string of the molecule is c1ccc2c(c1)cc(-c1ccc(N(c3ccc4c(c3)sc3ccccc34)c3cccc4c3sc3ccccc34)cc1)c1ccccc12. The first-order chi connectivity index (χ1) is 23.3. The molecular formula is C44H27NS2. The molecule has 10 rings (SSSR count). The van der Waals surface area contributed by atoms with Gasteiger partial charge in [-0.25, -0.2) is 0 Å². The second-order valence-corrected chi connectivity index (χ2v) is 14.2. The van der Waals surface area contributed by atoms with Gasteiger partial charge in [0, 0.05) is 47.0 Å². The molecule has 0 unspecified atom stereocenters. The van der Waals surface area contributed by atoms with Crippen LogP contribution in [0.1, 0.15) is 0 Å². The standard InChI is InChI=1S/C44H27NS2/c1-2-11-32-29(10-1)26-39(34-13-4-3-12-33(32)34)28-20-22-30(23-21-28)45(31-24-25-37-35-14-5-7-18-41(35)46-43(37)27-31)40-17-9-16-38-36-15-6-8-19-42(36)47-44(38)40/h1-27H. The third-order valence-corrected chi connectivity index (χ3v) is 11.8. The number of thiophene rings is 2. The van der Waals surface area contributed by atoms with E-state index >= 15 is 0 Å². The Bertz CT molecular complexity index is 2800. The Hall–Kier alpha value is -5.48. The number of rotatable bonds is 4. The summed E-state index contributed by atoms with van der Waals surface area (Å²) in [5, 5.41) is 10.4. The highest BCUT2D eigenvalue weighted by Gasteiger charge is 2.19. The van der Waals surface area contributed by atoms with Crippen LogP contribution in [-0.4, -0.2) is 0 Å². The molecule has 0 atom stereocenters. The third kappa shape index (κ3) is 4.21. The largest absolute Gasteiger partial charge is 0.309 e. The van der Waals surface area contributed by atoms with E-state index in [1.54, 1.807) is 0 Å². The zero-order valence-electron chi connectivity index (χ0n) is 25.4. The zero-order chi connectivity index (χ0) is 30.9. The highest BCUT2D eigenvalue weighted by molar-refractivity contribution is 7.26. The quantitative estimate of drug-likeness (QED) is 0.174. The lowest BCUT2D eigenvalue weighted by molar-refractivity contribution is 1.31. The molecule has 0 aliphatic rings. The molecule has 3 heteroatoms. The molecule has 0 amide bonds. The van der Waals surface area contributed by atoms with Crippen LogP contribution >= 0.6 is 22.7 Å². The van der Waals surface area contributed by atoms with Crippen molar-refractivity contribution in [2.24, 2.45) is 0 Å². The summed E-state index contributed by atoms with van der Waals surface area (Å²) in [5.41, 5.74) is 5.99. The third-order valence-electron chi connectivity index (χ3n) is 9.45. The molecule has 0 bridgehead atoms. The van der Waals surface area contributed by atoms with Crippen molar-refractivity contribution in [3.05, 3.63) is 164 Å². The first-order valence-electron chi connectivity index (χ1n) is 15.9. The van der Waals surface area contributed by atoms with Crippen LogP contribution in [0.15, 0.2) is 164 Å². The van der Waals surface area contributed by atoms with Crippen LogP contribution < -0.4 is 4.90 Å². The molecule has 0 fully saturated rings. The van der Waals surface area contributed by atoms with E-state index in [4.69, 9.17) is 0 Å². The first-order valence-corrected chi connectivity index (χ1v) is 17.6. The molecule has 47 heavy (non-hydrogen) atoms. The van der Waals surface area contributed by atoms with Gasteiger partial charge in [-0.3, -0.25) is 0 Å². The lowest BCUT2D eigenvalue weighted by atomic mass is 9.93. The molecule has 0 saturated carbocycles. The van der Waals surface area contributed by atoms with E-state index in [9.17, 15) is 0 Å². The topological polar surface area (TPSA) is 3.24 Å². The normalized spacial score (nSPS) is 11.8. The molecule has 8 aromatic carbocycles. The first kappa shape index (κ1) is 26.7. The summed E-state index contributed by atoms with van der Waals surface area (Å²) < 4.78 is 5.24. The van der Waals surface area contributed by atoms with Crippen molar-refractivity contribution < 1.29 is 0 Å². The van der Waals surface area contributed by atoms with Crippen molar-refractivity contribution in [1.29, 1.82) is 0 Å². The fourth-order valence-electron chi connectivity index (χ4n) is 7.27. The van der Waals surface area contributed by atoms with E-state index in [0.717, 1.165) is 11.4 Å². The molecule has 0 spiro atoms. The fourth-order valence-corrected chi connectivity index (χ4v) is 9.62. The summed E-state index contributed by atoms with van der Waals surface area (Å²) in [6.07, 6.45) is 0. The zero-order valence-corrected chi connectivity index (χ0v) is 27.0. The Morgan fingerprint density at radius 3 is 1.77 bits per heavy atom. The molecule has 0 saturated heterocycles. The molecular weight excluding hydrogens is 607 g/mol. The second kappa shape index (κ2) is 10.5. The van der Waals surface area contributed by atoms with Crippen LogP contribution in [0.5, 0.6) is 0 Å². The molecule has 0 radical (unpaired) electrons. The molecule has 1 nitrogen and oxygen atoms in total. The Morgan fingerprint density at radius 1 is 0.362 bits per heavy atom. The van der Waals surface area contributed by atoms with Crippen LogP contribution in [0.2, 0.25) is 0 Å². The molecule has 0 aliphatic carbocycles. The van der Waals surface area contributed by atoms with E-state index in [2.05, 4.69) is 169 Å². The van der Waals surface area contributed by atoms with Gasteiger partial charge in [-0.05, 0) is 81.2 Å². The van der Waals surface area contributed by atoms with Crippen molar-refractivity contribution >= 4 is 102 Å². The van der Waals surface area contributed by atoms with Crippen LogP contribution in [0.25, 0.3) is 73.0 Å². The summed E-state index contributed by atoms with van der Waals surface area (Å²) in [4.78, 5) is 2.45. The predicted octanol–water partition coefficient (Wildman–Crippen LogP) is 13.9. The number of fused-ring (bicyclic) bond motifs is 9. The van der Waals surface area contributed by atoms with E-state index < -0.39 is 0 Å². The molecule has 10 aromatic rings. The predicted molar refractivity (Wildman–Crippen MR) is 207 cm³/mol. The number of hydrogen-bond acceptors (Lipinski definition) is 3. The highest BCUT2D eigenvalue weighted by Crippen LogP contribution is 2.46. The summed E-state index contributed by atoms with van der Waals surface area (Å²) in [6, 6.07) is 60.2. The van der Waals surface area contributed by atoms with E-state index in [1.165, 1.54) is 78.7 Å². The van der Waals surface area contributed by atoms with Gasteiger partial charge in [0.05, 0.1) is 10.4 Å². The minimum atomic E-state index is 1.14. The molecule has 0 aliphatic heterocycles. The van der Waals surface area contributed by atoms with Gasteiger partial charge >= 0.3 is 0 Å². The van der Waals surface area contributed by atoms with Crippen molar-refractivity contribution in [3.63, 3.8) is 0 Å². The van der Waals surface area contributed by atoms with E-state index in [-0.39, 0.29) is 0 Å². The maximum atomic E-state index is 2.45. The monoisotopic (exact) mass is 633 g/mol. The molecule has 2 aromatic heterocycles. The lowest BCUT2D eigenvalue weighted by Gasteiger charge is -2.26. The average Bonchev–Trinajstić information content (AvgIpc) is 3.70. The summed E-state index contributed by atoms with van der Waals surface area (Å²) in [5.74, 6) is 0. The minimum Gasteiger partial charge on any atom is -0.309 e. The van der Waals surface area contributed by atoms with Crippen molar-refractivity contribution in [2.75, 3.05) is 4.90 Å². The van der Waals surface area contributed by atoms with Crippen molar-refractivity contribution in [3.8, 4) is 11.1 Å². The van der Waals surface area contributed by atoms with Crippen LogP contribution in [0.4, 0.5) is 17.1 Å². The van der Waals surface area contributed by atoms with Gasteiger partial charge in [0.1, 0.15) is 0 Å². The Kier molecular flexibility index (Phi) is 5.98. The Labute approximate surface area is 280 Å². The highest BCUT2D eigenvalue weighted by atomic mass is 32.1. The van der Waals surface area contributed by atoms with Gasteiger partial charge in [-0.1, -0.05) is 115 Å². The molecule has 220 valence electrons. The smallest absolute Gasteiger partial charge is 0.0640 e. The molecule has 0 N–H and O–H groups in total. The fraction of sp³-hybridized carbons (Fsp3) is 0. The number of hydrogen-bond donors (Lipinski definition) is 0. The van der Waals surface area contributed by atoms with E-state index in [1.807, 2.05) is 22.7 Å². The Morgan fingerprint density at radius 2 is 0.957 bits per heavy atom. The van der Waals surface area contributed by atoms with Crippen LogP contribution in [-0.2, 0) is 0 Å². The van der Waals surface area contributed by atoms with Gasteiger partial charge in [0.25, 0.3) is 0 Å². The van der Waals surface area contributed by atoms with Crippen molar-refractivity contribution in [2.45, 2.75) is 0 Å². The van der Waals surface area contributed by atoms with Gasteiger partial charge < -0.3 is 4.90 Å². The average molecular weight is 634 g/mol. The van der Waals surface area contributed by atoms with Crippen LogP contribution in [0.3, 0.4) is 0 Å². The summed E-state index contributed by atoms with van der Waals surface area (Å²) in [6.45, 7) is 0. The van der Waals surface area contributed by atoms with Gasteiger partial charge in [-0.2, -0.15) is 0 Å². The molecule has 2 heterocycles. The van der Waals surface area contributed by atoms with Crippen LogP contribution in [0, 0.1) is 0 Å². The summed E-state index contributed by atoms with van der Waals surface area (Å²) >= 11 is 3.75. The second-order valence-electron chi connectivity index (χ2n) is 12.1.